The molecule has 4 aliphatic rings. The molecule has 0 spiro atoms. The summed E-state index contributed by atoms with van der Waals surface area (Å²) in [7, 11) is 0. The molecule has 1 aromatic carbocycles. The monoisotopic (exact) mass is 368 g/mol. The van der Waals surface area contributed by atoms with Crippen LogP contribution in [0.2, 0.25) is 0 Å². The molecular formula is C23H28O4. The minimum Gasteiger partial charge on any atom is -0.455 e. The Morgan fingerprint density at radius 3 is 2.11 bits per heavy atom. The number of rotatable bonds is 7. The third-order valence-electron chi connectivity index (χ3n) is 7.27. The molecule has 0 N–H and O–H groups in total. The van der Waals surface area contributed by atoms with Crippen LogP contribution in [0.15, 0.2) is 30.3 Å². The van der Waals surface area contributed by atoms with Crippen molar-refractivity contribution >= 4 is 17.5 Å². The van der Waals surface area contributed by atoms with Gasteiger partial charge >= 0.3 is 11.8 Å². The zero-order chi connectivity index (χ0) is 19.0. The number of ether oxygens (including phenoxy) is 1. The summed E-state index contributed by atoms with van der Waals surface area (Å²) in [6.45, 7) is 2.12. The molecule has 1 unspecified atom stereocenters. The van der Waals surface area contributed by atoms with Crippen LogP contribution >= 0.6 is 0 Å². The molecule has 0 heterocycles. The lowest BCUT2D eigenvalue weighted by Gasteiger charge is -2.59. The first-order valence-electron chi connectivity index (χ1n) is 10.2. The molecule has 27 heavy (non-hydrogen) atoms. The Labute approximate surface area is 160 Å². The highest BCUT2D eigenvalue weighted by molar-refractivity contribution is 6.62. The molecule has 4 aliphatic carbocycles. The Bertz CT molecular complexity index is 701. The molecule has 1 aromatic rings. The van der Waals surface area contributed by atoms with Gasteiger partial charge < -0.3 is 4.74 Å². The van der Waals surface area contributed by atoms with Crippen molar-refractivity contribution in [2.75, 3.05) is 0 Å². The highest BCUT2D eigenvalue weighted by Gasteiger charge is 2.53. The van der Waals surface area contributed by atoms with Gasteiger partial charge in [0.1, 0.15) is 6.61 Å². The number of Topliss-reactive ketones (excluding diaryl/α,β-unsaturated/α-hetero) is 2. The number of carbonyl (C=O) groups is 3. The van der Waals surface area contributed by atoms with E-state index in [0.29, 0.717) is 0 Å². The average molecular weight is 368 g/mol. The Kier molecular flexibility index (Phi) is 4.92. The second kappa shape index (κ2) is 7.21. The maximum absolute atomic E-state index is 12.4. The van der Waals surface area contributed by atoms with E-state index in [0.717, 1.165) is 23.3 Å². The largest absolute Gasteiger partial charge is 0.455 e. The predicted octanol–water partition coefficient (Wildman–Crippen LogP) is 4.11. The molecule has 4 fully saturated rings. The van der Waals surface area contributed by atoms with Gasteiger partial charge in [0.25, 0.3) is 0 Å². The highest BCUT2D eigenvalue weighted by atomic mass is 16.5. The molecule has 4 saturated carbocycles. The first kappa shape index (κ1) is 18.4. The highest BCUT2D eigenvalue weighted by Crippen LogP contribution is 2.63. The van der Waals surface area contributed by atoms with Crippen LogP contribution < -0.4 is 0 Å². The summed E-state index contributed by atoms with van der Waals surface area (Å²) in [6, 6.07) is 9.17. The van der Waals surface area contributed by atoms with Gasteiger partial charge in [0.05, 0.1) is 0 Å². The van der Waals surface area contributed by atoms with Crippen molar-refractivity contribution in [3.63, 3.8) is 0 Å². The first-order chi connectivity index (χ1) is 12.9. The fourth-order valence-electron chi connectivity index (χ4n) is 6.27. The van der Waals surface area contributed by atoms with Crippen LogP contribution in [-0.2, 0) is 25.7 Å². The molecule has 4 nitrogen and oxygen atoms in total. The van der Waals surface area contributed by atoms with E-state index in [2.05, 4.69) is 6.92 Å². The van der Waals surface area contributed by atoms with Gasteiger partial charge in [-0.3, -0.25) is 9.59 Å². The summed E-state index contributed by atoms with van der Waals surface area (Å²) >= 11 is 0. The smallest absolute Gasteiger partial charge is 0.383 e. The number of esters is 1. The van der Waals surface area contributed by atoms with Gasteiger partial charge in [0.2, 0.25) is 5.78 Å². The van der Waals surface area contributed by atoms with Crippen LogP contribution in [0.1, 0.15) is 57.4 Å². The van der Waals surface area contributed by atoms with E-state index in [4.69, 9.17) is 4.74 Å². The predicted molar refractivity (Wildman–Crippen MR) is 101 cm³/mol. The van der Waals surface area contributed by atoms with E-state index in [-0.39, 0.29) is 24.4 Å². The lowest BCUT2D eigenvalue weighted by Crippen LogP contribution is -2.49. The summed E-state index contributed by atoms with van der Waals surface area (Å²) < 4.78 is 5.03. The first-order valence-corrected chi connectivity index (χ1v) is 10.2. The lowest BCUT2D eigenvalue weighted by molar-refractivity contribution is -0.158. The van der Waals surface area contributed by atoms with Crippen molar-refractivity contribution in [2.45, 2.75) is 58.5 Å². The van der Waals surface area contributed by atoms with E-state index in [1.165, 1.54) is 38.5 Å². The van der Waals surface area contributed by atoms with Gasteiger partial charge in [-0.2, -0.15) is 0 Å². The average Bonchev–Trinajstić information content (AvgIpc) is 2.65. The third-order valence-corrected chi connectivity index (χ3v) is 7.27. The van der Waals surface area contributed by atoms with Gasteiger partial charge in [-0.05, 0) is 73.2 Å². The van der Waals surface area contributed by atoms with Gasteiger partial charge in [-0.15, -0.1) is 0 Å². The summed E-state index contributed by atoms with van der Waals surface area (Å²) in [6.07, 6.45) is 7.81. The standard InChI is InChI=1S/C23H28O4/c1-15(23-11-17-8-18(12-23)10-19(9-17)13-23)7-20(24)21(25)22(26)27-14-16-5-3-2-4-6-16/h2-6,15,17-19H,7-14H2,1H3. The van der Waals surface area contributed by atoms with Crippen LogP contribution in [0.25, 0.3) is 0 Å². The fourth-order valence-corrected chi connectivity index (χ4v) is 6.27. The number of hydrogen-bond acceptors (Lipinski definition) is 4. The molecule has 1 atom stereocenters. The van der Waals surface area contributed by atoms with Crippen LogP contribution in [0.4, 0.5) is 0 Å². The van der Waals surface area contributed by atoms with Crippen molar-refractivity contribution in [3.05, 3.63) is 35.9 Å². The molecule has 0 aromatic heterocycles. The maximum Gasteiger partial charge on any atom is 0.383 e. The van der Waals surface area contributed by atoms with E-state index in [1.807, 2.05) is 30.3 Å². The summed E-state index contributed by atoms with van der Waals surface area (Å²) in [5.74, 6) is -0.0364. The van der Waals surface area contributed by atoms with Gasteiger partial charge in [-0.1, -0.05) is 37.3 Å². The van der Waals surface area contributed by atoms with Crippen LogP contribution in [-0.4, -0.2) is 17.5 Å². The van der Waals surface area contributed by atoms with Gasteiger partial charge in [0.15, 0.2) is 0 Å². The molecule has 4 bridgehead atoms. The Morgan fingerprint density at radius 1 is 1.00 bits per heavy atom. The fraction of sp³-hybridized carbons (Fsp3) is 0.609. The summed E-state index contributed by atoms with van der Waals surface area (Å²) in [4.78, 5) is 36.6. The molecule has 0 saturated heterocycles. The minimum absolute atomic E-state index is 0.0171. The van der Waals surface area contributed by atoms with Crippen molar-refractivity contribution in [3.8, 4) is 0 Å². The van der Waals surface area contributed by atoms with Crippen molar-refractivity contribution in [1.82, 2.24) is 0 Å². The molecular weight excluding hydrogens is 340 g/mol. The Morgan fingerprint density at radius 2 is 1.56 bits per heavy atom. The third kappa shape index (κ3) is 3.71. The van der Waals surface area contributed by atoms with E-state index in [1.54, 1.807) is 0 Å². The molecule has 0 amide bonds. The maximum atomic E-state index is 12.4. The van der Waals surface area contributed by atoms with Gasteiger partial charge in [0, 0.05) is 6.42 Å². The zero-order valence-corrected chi connectivity index (χ0v) is 16.0. The topological polar surface area (TPSA) is 60.4 Å². The van der Waals surface area contributed by atoms with Crippen molar-refractivity contribution < 1.29 is 19.1 Å². The van der Waals surface area contributed by atoms with Crippen LogP contribution in [0.5, 0.6) is 0 Å². The van der Waals surface area contributed by atoms with Gasteiger partial charge in [-0.25, -0.2) is 4.79 Å². The van der Waals surface area contributed by atoms with Crippen molar-refractivity contribution in [2.24, 2.45) is 29.1 Å². The molecule has 144 valence electrons. The quantitative estimate of drug-likeness (QED) is 0.413. The lowest BCUT2D eigenvalue weighted by atomic mass is 9.46. The second-order valence-electron chi connectivity index (χ2n) is 9.20. The minimum atomic E-state index is -1.03. The summed E-state index contributed by atoms with van der Waals surface area (Å²) in [5.41, 5.74) is 1.01. The SMILES string of the molecule is CC(CC(=O)C(=O)C(=O)OCc1ccccc1)C12CC3CC(CC(C3)C1)C2. The van der Waals surface area contributed by atoms with E-state index >= 15 is 0 Å². The molecule has 0 aliphatic heterocycles. The number of hydrogen-bond donors (Lipinski definition) is 0. The molecule has 4 heteroatoms. The normalized spacial score (nSPS) is 32.1. The van der Waals surface area contributed by atoms with E-state index in [9.17, 15) is 14.4 Å². The zero-order valence-electron chi connectivity index (χ0n) is 16.0. The number of carbonyl (C=O) groups excluding carboxylic acids is 3. The Balaban J connectivity index is 1.33. The van der Waals surface area contributed by atoms with E-state index < -0.39 is 17.5 Å². The Hall–Kier alpha value is -1.97. The summed E-state index contributed by atoms with van der Waals surface area (Å²) in [5, 5.41) is 0. The number of ketones is 2. The van der Waals surface area contributed by atoms with Crippen LogP contribution in [0.3, 0.4) is 0 Å². The van der Waals surface area contributed by atoms with Crippen LogP contribution in [0, 0.1) is 29.1 Å². The van der Waals surface area contributed by atoms with Crippen molar-refractivity contribution in [1.29, 1.82) is 0 Å². The second-order valence-corrected chi connectivity index (χ2v) is 9.20. The molecule has 5 rings (SSSR count). The number of benzene rings is 1. The molecule has 0 radical (unpaired) electrons.